The number of H-pyrrole nitrogens is 1. The minimum absolute atomic E-state index is 0.0626. The molecule has 6 nitrogen and oxygen atoms in total. The molecule has 0 bridgehead atoms. The fourth-order valence-electron chi connectivity index (χ4n) is 3.69. The summed E-state index contributed by atoms with van der Waals surface area (Å²) in [5.74, 6) is 1.49. The highest BCUT2D eigenvalue weighted by atomic mass is 16.5. The van der Waals surface area contributed by atoms with E-state index in [4.69, 9.17) is 15.5 Å². The topological polar surface area (TPSA) is 84.2 Å². The fraction of sp³-hybridized carbons (Fsp3) is 0.273. The van der Waals surface area contributed by atoms with Gasteiger partial charge < -0.3 is 15.5 Å². The smallest absolute Gasteiger partial charge is 0.255 e. The van der Waals surface area contributed by atoms with Gasteiger partial charge in [0.05, 0.1) is 18.4 Å². The van der Waals surface area contributed by atoms with Crippen LogP contribution in [0.25, 0.3) is 11.4 Å². The first-order valence-corrected chi connectivity index (χ1v) is 9.37. The number of hydrogen-bond acceptors (Lipinski definition) is 5. The highest BCUT2D eigenvalue weighted by Gasteiger charge is 2.21. The van der Waals surface area contributed by atoms with E-state index >= 15 is 0 Å². The van der Waals surface area contributed by atoms with Gasteiger partial charge in [0.1, 0.15) is 11.6 Å². The normalized spacial score (nSPS) is 13.9. The third kappa shape index (κ3) is 3.64. The highest BCUT2D eigenvalue weighted by Crippen LogP contribution is 2.23. The predicted molar refractivity (Wildman–Crippen MR) is 110 cm³/mol. The van der Waals surface area contributed by atoms with Crippen LogP contribution in [0.5, 0.6) is 5.75 Å². The Labute approximate surface area is 164 Å². The number of anilines is 1. The summed E-state index contributed by atoms with van der Waals surface area (Å²) in [6.45, 7) is 4.31. The number of rotatable bonds is 4. The van der Waals surface area contributed by atoms with Crippen molar-refractivity contribution in [3.05, 3.63) is 75.2 Å². The van der Waals surface area contributed by atoms with Gasteiger partial charge in [-0.05, 0) is 48.4 Å². The number of aromatic nitrogens is 2. The molecule has 0 amide bonds. The minimum atomic E-state index is -0.0626. The van der Waals surface area contributed by atoms with Gasteiger partial charge in [0.15, 0.2) is 0 Å². The molecule has 0 radical (unpaired) electrons. The maximum Gasteiger partial charge on any atom is 0.255 e. The molecule has 2 aromatic carbocycles. The molecule has 4 rings (SSSR count). The van der Waals surface area contributed by atoms with E-state index in [0.717, 1.165) is 47.6 Å². The van der Waals surface area contributed by atoms with Gasteiger partial charge in [-0.1, -0.05) is 12.1 Å². The number of nitrogen functional groups attached to an aromatic ring is 1. The Morgan fingerprint density at radius 1 is 1.21 bits per heavy atom. The van der Waals surface area contributed by atoms with Crippen LogP contribution >= 0.6 is 0 Å². The lowest BCUT2D eigenvalue weighted by molar-refractivity contribution is 0.241. The Bertz CT molecular complexity index is 1060. The van der Waals surface area contributed by atoms with Crippen LogP contribution < -0.4 is 16.0 Å². The van der Waals surface area contributed by atoms with Crippen LogP contribution in [0.4, 0.5) is 5.69 Å². The van der Waals surface area contributed by atoms with Gasteiger partial charge in [0.2, 0.25) is 0 Å². The van der Waals surface area contributed by atoms with Crippen molar-refractivity contribution in [2.45, 2.75) is 26.4 Å². The molecule has 0 spiro atoms. The molecule has 1 aromatic heterocycles. The molecule has 1 aliphatic rings. The Balaban J connectivity index is 1.55. The minimum Gasteiger partial charge on any atom is -0.496 e. The standard InChI is InChI=1S/C22H24N4O2/c1-14-11-15(3-8-20(14)28-2)12-26-10-9-19-18(13-26)22(27)25-21(24-19)16-4-6-17(23)7-5-16/h3-8,11H,9-10,12-13,23H2,1-2H3,(H,24,25,27). The van der Waals surface area contributed by atoms with Crippen molar-refractivity contribution in [3.8, 4) is 17.1 Å². The first kappa shape index (κ1) is 18.3. The molecule has 28 heavy (non-hydrogen) atoms. The fourth-order valence-corrected chi connectivity index (χ4v) is 3.69. The number of fused-ring (bicyclic) bond motifs is 1. The van der Waals surface area contributed by atoms with Crippen LogP contribution in [0.2, 0.25) is 0 Å². The number of aromatic amines is 1. The second-order valence-corrected chi connectivity index (χ2v) is 7.23. The van der Waals surface area contributed by atoms with Gasteiger partial charge >= 0.3 is 0 Å². The molecule has 0 aliphatic carbocycles. The summed E-state index contributed by atoms with van der Waals surface area (Å²) in [6, 6.07) is 13.6. The Hall–Kier alpha value is -3.12. The van der Waals surface area contributed by atoms with Crippen LogP contribution in [-0.4, -0.2) is 28.5 Å². The van der Waals surface area contributed by atoms with Gasteiger partial charge in [-0.2, -0.15) is 0 Å². The highest BCUT2D eigenvalue weighted by molar-refractivity contribution is 5.58. The Morgan fingerprint density at radius 2 is 2.00 bits per heavy atom. The van der Waals surface area contributed by atoms with Crippen molar-refractivity contribution in [1.82, 2.24) is 14.9 Å². The average molecular weight is 376 g/mol. The van der Waals surface area contributed by atoms with Crippen molar-refractivity contribution in [2.75, 3.05) is 19.4 Å². The largest absolute Gasteiger partial charge is 0.496 e. The quantitative estimate of drug-likeness (QED) is 0.684. The van der Waals surface area contributed by atoms with E-state index in [1.807, 2.05) is 37.3 Å². The number of benzene rings is 2. The van der Waals surface area contributed by atoms with Crippen LogP contribution in [0.1, 0.15) is 22.4 Å². The summed E-state index contributed by atoms with van der Waals surface area (Å²) in [5, 5.41) is 0. The summed E-state index contributed by atoms with van der Waals surface area (Å²) in [4.78, 5) is 22.6. The first-order valence-electron chi connectivity index (χ1n) is 9.37. The number of aryl methyl sites for hydroxylation is 1. The summed E-state index contributed by atoms with van der Waals surface area (Å²) in [6.07, 6.45) is 0.760. The zero-order valence-electron chi connectivity index (χ0n) is 16.2. The van der Waals surface area contributed by atoms with Gasteiger partial charge in [-0.15, -0.1) is 0 Å². The molecule has 3 N–H and O–H groups in total. The summed E-state index contributed by atoms with van der Waals surface area (Å²) in [5.41, 5.74) is 11.2. The van der Waals surface area contributed by atoms with Crippen molar-refractivity contribution in [1.29, 1.82) is 0 Å². The van der Waals surface area contributed by atoms with E-state index in [-0.39, 0.29) is 5.56 Å². The zero-order chi connectivity index (χ0) is 19.7. The lowest BCUT2D eigenvalue weighted by atomic mass is 10.0. The molecular formula is C22H24N4O2. The van der Waals surface area contributed by atoms with Gasteiger partial charge in [0, 0.05) is 37.3 Å². The van der Waals surface area contributed by atoms with Gasteiger partial charge in [0.25, 0.3) is 5.56 Å². The number of hydrogen-bond donors (Lipinski definition) is 2. The second-order valence-electron chi connectivity index (χ2n) is 7.23. The summed E-state index contributed by atoms with van der Waals surface area (Å²) >= 11 is 0. The van der Waals surface area contributed by atoms with Gasteiger partial charge in [-0.25, -0.2) is 4.98 Å². The van der Waals surface area contributed by atoms with Crippen LogP contribution in [0, 0.1) is 6.92 Å². The second kappa shape index (κ2) is 7.48. The van der Waals surface area contributed by atoms with E-state index in [9.17, 15) is 4.79 Å². The summed E-state index contributed by atoms with van der Waals surface area (Å²) < 4.78 is 5.33. The molecule has 0 fully saturated rings. The predicted octanol–water partition coefficient (Wildman–Crippen LogP) is 2.89. The number of nitrogens with two attached hydrogens (primary N) is 1. The molecular weight excluding hydrogens is 352 g/mol. The van der Waals surface area contributed by atoms with Crippen molar-refractivity contribution in [3.63, 3.8) is 0 Å². The third-order valence-corrected chi connectivity index (χ3v) is 5.20. The average Bonchev–Trinajstić information content (AvgIpc) is 2.69. The van der Waals surface area contributed by atoms with E-state index in [1.54, 1.807) is 7.11 Å². The SMILES string of the molecule is COc1ccc(CN2CCc3nc(-c4ccc(N)cc4)[nH]c(=O)c3C2)cc1C. The molecule has 0 saturated heterocycles. The summed E-state index contributed by atoms with van der Waals surface area (Å²) in [7, 11) is 1.68. The van der Waals surface area contributed by atoms with Crippen LogP contribution in [0.15, 0.2) is 47.3 Å². The van der Waals surface area contributed by atoms with Gasteiger partial charge in [-0.3, -0.25) is 9.69 Å². The van der Waals surface area contributed by atoms with Crippen molar-refractivity contribution >= 4 is 5.69 Å². The molecule has 6 heteroatoms. The third-order valence-electron chi connectivity index (χ3n) is 5.20. The Kier molecular flexibility index (Phi) is 4.88. The monoisotopic (exact) mass is 376 g/mol. The number of nitrogens with one attached hydrogen (secondary N) is 1. The Morgan fingerprint density at radius 3 is 2.71 bits per heavy atom. The van der Waals surface area contributed by atoms with Crippen molar-refractivity contribution in [2.24, 2.45) is 0 Å². The van der Waals surface area contributed by atoms with E-state index in [2.05, 4.69) is 22.0 Å². The van der Waals surface area contributed by atoms with Crippen LogP contribution in [0.3, 0.4) is 0 Å². The molecule has 0 atom stereocenters. The maximum absolute atomic E-state index is 12.7. The molecule has 0 unspecified atom stereocenters. The molecule has 144 valence electrons. The zero-order valence-corrected chi connectivity index (χ0v) is 16.2. The van der Waals surface area contributed by atoms with E-state index in [0.29, 0.717) is 18.1 Å². The molecule has 1 aliphatic heterocycles. The van der Waals surface area contributed by atoms with E-state index < -0.39 is 0 Å². The lowest BCUT2D eigenvalue weighted by Crippen LogP contribution is -2.35. The van der Waals surface area contributed by atoms with Crippen LogP contribution in [-0.2, 0) is 19.5 Å². The lowest BCUT2D eigenvalue weighted by Gasteiger charge is -2.28. The number of nitrogens with zero attached hydrogens (tertiary/aromatic N) is 2. The van der Waals surface area contributed by atoms with E-state index in [1.165, 1.54) is 5.56 Å². The van der Waals surface area contributed by atoms with Crippen molar-refractivity contribution < 1.29 is 4.74 Å². The number of methoxy groups -OCH3 is 1. The maximum atomic E-state index is 12.7. The number of ether oxygens (including phenoxy) is 1. The first-order chi connectivity index (χ1) is 13.5. The molecule has 0 saturated carbocycles. The molecule has 3 aromatic rings. The molecule has 2 heterocycles.